The molecule has 0 aliphatic carbocycles. The molecule has 2 nitrogen and oxygen atoms in total. The molecule has 3 heteroatoms. The van der Waals surface area contributed by atoms with Crippen molar-refractivity contribution in [2.24, 2.45) is 0 Å². The van der Waals surface area contributed by atoms with Crippen LogP contribution in [0.2, 0.25) is 0 Å². The Morgan fingerprint density at radius 2 is 2.06 bits per heavy atom. The van der Waals surface area contributed by atoms with Gasteiger partial charge in [0.05, 0.1) is 0 Å². The molecule has 1 unspecified atom stereocenters. The van der Waals surface area contributed by atoms with Gasteiger partial charge >= 0.3 is 0 Å². The van der Waals surface area contributed by atoms with Crippen molar-refractivity contribution in [3.05, 3.63) is 34.3 Å². The third-order valence-electron chi connectivity index (χ3n) is 3.25. The van der Waals surface area contributed by atoms with Crippen LogP contribution >= 0.6 is 15.9 Å². The van der Waals surface area contributed by atoms with Crippen LogP contribution in [0.25, 0.3) is 0 Å². The first kappa shape index (κ1) is 12.1. The normalized spacial score (nSPS) is 23.6. The lowest BCUT2D eigenvalue weighted by Crippen LogP contribution is -2.33. The quantitative estimate of drug-likeness (QED) is 0.917. The summed E-state index contributed by atoms with van der Waals surface area (Å²) >= 11 is 3.46. The minimum atomic E-state index is 0.435. The Morgan fingerprint density at radius 3 is 2.62 bits per heavy atom. The Bertz CT molecular complexity index is 336. The van der Waals surface area contributed by atoms with Crippen LogP contribution in [0.5, 0.6) is 0 Å². The smallest absolute Gasteiger partial charge is 0.0294 e. The maximum atomic E-state index is 3.69. The van der Waals surface area contributed by atoms with Gasteiger partial charge in [0.25, 0.3) is 0 Å². The number of likely N-dealkylation sites (tertiary alicyclic amines) is 1. The third kappa shape index (κ3) is 3.06. The molecule has 1 fully saturated rings. The maximum absolute atomic E-state index is 3.69. The topological polar surface area (TPSA) is 15.3 Å². The fraction of sp³-hybridized carbons (Fsp3) is 0.538. The number of benzene rings is 1. The molecular formula is C13H19BrN2. The first-order valence-electron chi connectivity index (χ1n) is 5.85. The highest BCUT2D eigenvalue weighted by molar-refractivity contribution is 9.10. The molecular weight excluding hydrogens is 264 g/mol. The van der Waals surface area contributed by atoms with Crippen molar-refractivity contribution in [3.63, 3.8) is 0 Å². The lowest BCUT2D eigenvalue weighted by Gasteiger charge is -2.19. The third-order valence-corrected chi connectivity index (χ3v) is 3.78. The minimum absolute atomic E-state index is 0.435. The number of hydrogen-bond donors (Lipinski definition) is 1. The summed E-state index contributed by atoms with van der Waals surface area (Å²) in [7, 11) is 2.19. The lowest BCUT2D eigenvalue weighted by molar-refractivity contribution is 0.387. The van der Waals surface area contributed by atoms with Crippen molar-refractivity contribution in [1.82, 2.24) is 10.2 Å². The van der Waals surface area contributed by atoms with Crippen molar-refractivity contribution in [2.75, 3.05) is 20.1 Å². The van der Waals surface area contributed by atoms with E-state index in [0.29, 0.717) is 12.1 Å². The molecule has 0 bridgehead atoms. The highest BCUT2D eigenvalue weighted by Crippen LogP contribution is 2.18. The van der Waals surface area contributed by atoms with Gasteiger partial charge in [-0.05, 0) is 44.6 Å². The van der Waals surface area contributed by atoms with Crippen LogP contribution in [0.1, 0.15) is 24.9 Å². The van der Waals surface area contributed by atoms with Gasteiger partial charge < -0.3 is 10.2 Å². The number of nitrogens with zero attached hydrogens (tertiary/aromatic N) is 1. The SMILES string of the molecule is C[C@H](NC1CCN(C)C1)c1ccc(Br)cc1. The van der Waals surface area contributed by atoms with E-state index in [9.17, 15) is 0 Å². The second-order valence-corrected chi connectivity index (χ2v) is 5.60. The fourth-order valence-electron chi connectivity index (χ4n) is 2.27. The largest absolute Gasteiger partial charge is 0.306 e. The van der Waals surface area contributed by atoms with E-state index in [0.717, 1.165) is 4.47 Å². The van der Waals surface area contributed by atoms with Gasteiger partial charge in [0, 0.05) is 23.1 Å². The van der Waals surface area contributed by atoms with E-state index in [1.165, 1.54) is 25.1 Å². The number of hydrogen-bond acceptors (Lipinski definition) is 2. The van der Waals surface area contributed by atoms with Crippen LogP contribution in [0.3, 0.4) is 0 Å². The molecule has 0 aromatic heterocycles. The number of nitrogens with one attached hydrogen (secondary N) is 1. The van der Waals surface area contributed by atoms with Crippen molar-refractivity contribution < 1.29 is 0 Å². The van der Waals surface area contributed by atoms with E-state index in [2.05, 4.69) is 64.4 Å². The van der Waals surface area contributed by atoms with Crippen LogP contribution in [0, 0.1) is 0 Å². The monoisotopic (exact) mass is 282 g/mol. The maximum Gasteiger partial charge on any atom is 0.0294 e. The number of rotatable bonds is 3. The molecule has 88 valence electrons. The predicted molar refractivity (Wildman–Crippen MR) is 71.6 cm³/mol. The van der Waals surface area contributed by atoms with Crippen molar-refractivity contribution >= 4 is 15.9 Å². The van der Waals surface area contributed by atoms with Crippen molar-refractivity contribution in [1.29, 1.82) is 0 Å². The average molecular weight is 283 g/mol. The molecule has 16 heavy (non-hydrogen) atoms. The molecule has 0 spiro atoms. The summed E-state index contributed by atoms with van der Waals surface area (Å²) in [6, 6.07) is 9.65. The molecule has 2 atom stereocenters. The summed E-state index contributed by atoms with van der Waals surface area (Å²) in [6.45, 7) is 4.62. The van der Waals surface area contributed by atoms with Gasteiger partial charge in [0.2, 0.25) is 0 Å². The molecule has 0 radical (unpaired) electrons. The summed E-state index contributed by atoms with van der Waals surface area (Å²) in [5, 5.41) is 3.69. The summed E-state index contributed by atoms with van der Waals surface area (Å²) in [5.41, 5.74) is 1.36. The Kier molecular flexibility index (Phi) is 4.00. The van der Waals surface area contributed by atoms with Gasteiger partial charge in [-0.25, -0.2) is 0 Å². The molecule has 1 heterocycles. The van der Waals surface area contributed by atoms with Gasteiger partial charge in [0.1, 0.15) is 0 Å². The van der Waals surface area contributed by atoms with E-state index in [4.69, 9.17) is 0 Å². The molecule has 1 aliphatic rings. The van der Waals surface area contributed by atoms with Gasteiger partial charge in [-0.1, -0.05) is 28.1 Å². The second-order valence-electron chi connectivity index (χ2n) is 4.69. The van der Waals surface area contributed by atoms with Crippen LogP contribution in [-0.4, -0.2) is 31.1 Å². The Balaban J connectivity index is 1.92. The van der Waals surface area contributed by atoms with Crippen LogP contribution in [0.15, 0.2) is 28.7 Å². The highest BCUT2D eigenvalue weighted by atomic mass is 79.9. The van der Waals surface area contributed by atoms with E-state index >= 15 is 0 Å². The van der Waals surface area contributed by atoms with E-state index in [1.807, 2.05) is 0 Å². The highest BCUT2D eigenvalue weighted by Gasteiger charge is 2.20. The zero-order valence-electron chi connectivity index (χ0n) is 9.91. The van der Waals surface area contributed by atoms with Gasteiger partial charge in [-0.2, -0.15) is 0 Å². The van der Waals surface area contributed by atoms with E-state index in [1.54, 1.807) is 0 Å². The Morgan fingerprint density at radius 1 is 1.38 bits per heavy atom. The standard InChI is InChI=1S/C13H19BrN2/c1-10(11-3-5-12(14)6-4-11)15-13-7-8-16(2)9-13/h3-6,10,13,15H,7-9H2,1-2H3/t10-,13?/m0/s1. The molecule has 0 amide bonds. The fourth-order valence-corrected chi connectivity index (χ4v) is 2.54. The average Bonchev–Trinajstić information content (AvgIpc) is 2.65. The zero-order chi connectivity index (χ0) is 11.5. The summed E-state index contributed by atoms with van der Waals surface area (Å²) in [6.07, 6.45) is 1.26. The molecule has 1 saturated heterocycles. The molecule has 1 aromatic carbocycles. The van der Waals surface area contributed by atoms with Gasteiger partial charge in [0.15, 0.2) is 0 Å². The Labute approximate surface area is 106 Å². The van der Waals surface area contributed by atoms with E-state index < -0.39 is 0 Å². The molecule has 1 N–H and O–H groups in total. The van der Waals surface area contributed by atoms with Crippen LogP contribution < -0.4 is 5.32 Å². The first-order chi connectivity index (χ1) is 7.65. The number of likely N-dealkylation sites (N-methyl/N-ethyl adjacent to an activating group) is 1. The van der Waals surface area contributed by atoms with Crippen molar-refractivity contribution in [2.45, 2.75) is 25.4 Å². The minimum Gasteiger partial charge on any atom is -0.306 e. The van der Waals surface area contributed by atoms with Crippen LogP contribution in [-0.2, 0) is 0 Å². The molecule has 1 aliphatic heterocycles. The molecule has 2 rings (SSSR count). The summed E-state index contributed by atoms with van der Waals surface area (Å²) in [5.74, 6) is 0. The lowest BCUT2D eigenvalue weighted by atomic mass is 10.1. The summed E-state index contributed by atoms with van der Waals surface area (Å²) < 4.78 is 1.14. The zero-order valence-corrected chi connectivity index (χ0v) is 11.5. The van der Waals surface area contributed by atoms with E-state index in [-0.39, 0.29) is 0 Å². The number of halogens is 1. The van der Waals surface area contributed by atoms with Gasteiger partial charge in [-0.15, -0.1) is 0 Å². The second kappa shape index (κ2) is 5.30. The Hall–Kier alpha value is -0.380. The molecule has 0 saturated carbocycles. The molecule has 1 aromatic rings. The van der Waals surface area contributed by atoms with Crippen molar-refractivity contribution in [3.8, 4) is 0 Å². The first-order valence-corrected chi connectivity index (χ1v) is 6.64. The predicted octanol–water partition coefficient (Wildman–Crippen LogP) is 2.80. The summed E-state index contributed by atoms with van der Waals surface area (Å²) in [4.78, 5) is 2.38. The van der Waals surface area contributed by atoms with Gasteiger partial charge in [-0.3, -0.25) is 0 Å². The van der Waals surface area contributed by atoms with Crippen LogP contribution in [0.4, 0.5) is 0 Å².